The van der Waals surface area contributed by atoms with Crippen LogP contribution in [0.3, 0.4) is 0 Å². The van der Waals surface area contributed by atoms with Crippen LogP contribution in [-0.4, -0.2) is 35.5 Å². The van der Waals surface area contributed by atoms with Gasteiger partial charge < -0.3 is 10.6 Å². The first-order chi connectivity index (χ1) is 10.0. The molecule has 114 valence electrons. The molecular formula is C16H22FN3O. The molecule has 0 aromatic heterocycles. The van der Waals surface area contributed by atoms with Crippen LogP contribution in [0.15, 0.2) is 18.2 Å². The Morgan fingerprint density at radius 1 is 1.38 bits per heavy atom. The van der Waals surface area contributed by atoms with E-state index < -0.39 is 5.82 Å². The van der Waals surface area contributed by atoms with Gasteiger partial charge in [0.1, 0.15) is 5.82 Å². The zero-order valence-electron chi connectivity index (χ0n) is 12.5. The number of anilines is 2. The van der Waals surface area contributed by atoms with E-state index in [4.69, 9.17) is 0 Å². The monoisotopic (exact) mass is 291 g/mol. The van der Waals surface area contributed by atoms with Crippen LogP contribution >= 0.6 is 0 Å². The largest absolute Gasteiger partial charge is 0.381 e. The van der Waals surface area contributed by atoms with Gasteiger partial charge in [-0.2, -0.15) is 0 Å². The van der Waals surface area contributed by atoms with Crippen LogP contribution in [0.4, 0.5) is 15.8 Å². The third-order valence-corrected chi connectivity index (χ3v) is 4.29. The highest BCUT2D eigenvalue weighted by atomic mass is 19.1. The summed E-state index contributed by atoms with van der Waals surface area (Å²) in [6, 6.07) is 6.55. The average Bonchev–Trinajstić information content (AvgIpc) is 3.18. The van der Waals surface area contributed by atoms with Crippen molar-refractivity contribution in [3.05, 3.63) is 24.0 Å². The van der Waals surface area contributed by atoms with Gasteiger partial charge >= 0.3 is 0 Å². The van der Waals surface area contributed by atoms with E-state index in [9.17, 15) is 9.18 Å². The molecule has 0 bridgehead atoms. The maximum atomic E-state index is 13.6. The normalized spacial score (nSPS) is 25.9. The fraction of sp³-hybridized carbons (Fsp3) is 0.562. The van der Waals surface area contributed by atoms with Gasteiger partial charge in [0.15, 0.2) is 0 Å². The van der Waals surface area contributed by atoms with Gasteiger partial charge in [0, 0.05) is 37.3 Å². The topological polar surface area (TPSA) is 44.4 Å². The second-order valence-electron chi connectivity index (χ2n) is 6.23. The van der Waals surface area contributed by atoms with Gasteiger partial charge in [-0.3, -0.25) is 9.69 Å². The summed E-state index contributed by atoms with van der Waals surface area (Å²) < 4.78 is 13.6. The first-order valence-corrected chi connectivity index (χ1v) is 7.62. The van der Waals surface area contributed by atoms with Crippen molar-refractivity contribution in [3.63, 3.8) is 0 Å². The molecule has 1 saturated carbocycles. The van der Waals surface area contributed by atoms with E-state index in [0.717, 1.165) is 24.7 Å². The Bertz CT molecular complexity index is 544. The number of halogens is 1. The summed E-state index contributed by atoms with van der Waals surface area (Å²) in [5.74, 6) is -0.671. The molecule has 2 aliphatic rings. The second-order valence-corrected chi connectivity index (χ2v) is 6.23. The number of amides is 1. The lowest BCUT2D eigenvalue weighted by Gasteiger charge is -2.20. The highest BCUT2D eigenvalue weighted by Crippen LogP contribution is 2.34. The number of nitrogens with one attached hydrogen (secondary N) is 2. The number of carbonyl (C=O) groups excluding carboxylic acids is 1. The Morgan fingerprint density at radius 2 is 2.14 bits per heavy atom. The van der Waals surface area contributed by atoms with Crippen LogP contribution in [-0.2, 0) is 4.79 Å². The molecule has 1 heterocycles. The van der Waals surface area contributed by atoms with Gasteiger partial charge in [0.25, 0.3) is 0 Å². The maximum absolute atomic E-state index is 13.6. The highest BCUT2D eigenvalue weighted by Gasteiger charge is 2.38. The number of likely N-dealkylation sites (tertiary alicyclic amines) is 1. The lowest BCUT2D eigenvalue weighted by molar-refractivity contribution is -0.114. The molecule has 2 fully saturated rings. The molecule has 2 N–H and O–H groups in total. The fourth-order valence-corrected chi connectivity index (χ4v) is 3.21. The lowest BCUT2D eigenvalue weighted by atomic mass is 10.1. The molecule has 1 amide bonds. The van der Waals surface area contributed by atoms with Gasteiger partial charge in [0.2, 0.25) is 5.91 Å². The molecule has 1 aliphatic heterocycles. The summed E-state index contributed by atoms with van der Waals surface area (Å²) in [5.41, 5.74) is 1.09. The molecule has 1 aliphatic carbocycles. The van der Waals surface area contributed by atoms with Crippen LogP contribution in [0.25, 0.3) is 0 Å². The van der Waals surface area contributed by atoms with Crippen molar-refractivity contribution in [2.24, 2.45) is 0 Å². The number of hydrogen-bond donors (Lipinski definition) is 2. The molecule has 1 aromatic rings. The SMILES string of the molecule is CC(=O)Nc1cc(NC2CC(C)N(C3CC3)C2)ccc1F. The van der Waals surface area contributed by atoms with E-state index in [2.05, 4.69) is 22.5 Å². The van der Waals surface area contributed by atoms with Crippen molar-refractivity contribution in [1.29, 1.82) is 0 Å². The Morgan fingerprint density at radius 3 is 2.81 bits per heavy atom. The molecule has 21 heavy (non-hydrogen) atoms. The van der Waals surface area contributed by atoms with E-state index in [0.29, 0.717) is 12.1 Å². The van der Waals surface area contributed by atoms with Crippen LogP contribution in [0.1, 0.15) is 33.1 Å². The number of benzene rings is 1. The maximum Gasteiger partial charge on any atom is 0.221 e. The number of rotatable bonds is 4. The summed E-state index contributed by atoms with van der Waals surface area (Å²) >= 11 is 0. The number of carbonyl (C=O) groups is 1. The van der Waals surface area contributed by atoms with E-state index in [1.54, 1.807) is 12.1 Å². The molecule has 0 spiro atoms. The molecule has 0 radical (unpaired) electrons. The van der Waals surface area contributed by atoms with Crippen LogP contribution in [0.2, 0.25) is 0 Å². The molecule has 1 saturated heterocycles. The lowest BCUT2D eigenvalue weighted by Crippen LogP contribution is -2.31. The number of nitrogens with zero attached hydrogens (tertiary/aromatic N) is 1. The van der Waals surface area contributed by atoms with Crippen molar-refractivity contribution in [3.8, 4) is 0 Å². The predicted octanol–water partition coefficient (Wildman–Crippen LogP) is 2.82. The van der Waals surface area contributed by atoms with Gasteiger partial charge in [-0.1, -0.05) is 0 Å². The summed E-state index contributed by atoms with van der Waals surface area (Å²) in [5, 5.41) is 5.98. The predicted molar refractivity (Wildman–Crippen MR) is 81.9 cm³/mol. The van der Waals surface area contributed by atoms with Crippen molar-refractivity contribution in [2.75, 3.05) is 17.2 Å². The second kappa shape index (κ2) is 5.64. The summed E-state index contributed by atoms with van der Waals surface area (Å²) in [4.78, 5) is 13.6. The van der Waals surface area contributed by atoms with Gasteiger partial charge in [-0.15, -0.1) is 0 Å². The Hall–Kier alpha value is -1.62. The van der Waals surface area contributed by atoms with Gasteiger partial charge in [-0.05, 0) is 44.4 Å². The van der Waals surface area contributed by atoms with Crippen molar-refractivity contribution < 1.29 is 9.18 Å². The molecule has 2 atom stereocenters. The van der Waals surface area contributed by atoms with E-state index in [1.165, 1.54) is 25.8 Å². The first-order valence-electron chi connectivity index (χ1n) is 7.62. The van der Waals surface area contributed by atoms with E-state index in [1.807, 2.05) is 0 Å². The fourth-order valence-electron chi connectivity index (χ4n) is 3.21. The Kier molecular flexibility index (Phi) is 3.85. The van der Waals surface area contributed by atoms with E-state index >= 15 is 0 Å². The quantitative estimate of drug-likeness (QED) is 0.896. The standard InChI is InChI=1S/C16H22FN3O/c1-10-7-13(9-20(10)14-4-5-14)19-12-3-6-15(17)16(8-12)18-11(2)21/h3,6,8,10,13-14,19H,4-5,7,9H2,1-2H3,(H,18,21). The summed E-state index contributed by atoms with van der Waals surface area (Å²) in [7, 11) is 0. The molecule has 2 unspecified atom stereocenters. The molecule has 4 nitrogen and oxygen atoms in total. The van der Waals surface area contributed by atoms with Crippen molar-refractivity contribution >= 4 is 17.3 Å². The minimum Gasteiger partial charge on any atom is -0.381 e. The number of hydrogen-bond acceptors (Lipinski definition) is 3. The zero-order chi connectivity index (χ0) is 15.0. The van der Waals surface area contributed by atoms with Gasteiger partial charge in [-0.25, -0.2) is 4.39 Å². The Labute approximate surface area is 124 Å². The smallest absolute Gasteiger partial charge is 0.221 e. The van der Waals surface area contributed by atoms with Crippen molar-refractivity contribution in [2.45, 2.75) is 51.2 Å². The summed E-state index contributed by atoms with van der Waals surface area (Å²) in [6.07, 6.45) is 3.74. The minimum atomic E-state index is -0.407. The van der Waals surface area contributed by atoms with Crippen LogP contribution in [0, 0.1) is 5.82 Å². The average molecular weight is 291 g/mol. The highest BCUT2D eigenvalue weighted by molar-refractivity contribution is 5.89. The molecule has 1 aromatic carbocycles. The van der Waals surface area contributed by atoms with Crippen LogP contribution < -0.4 is 10.6 Å². The third kappa shape index (κ3) is 3.35. The minimum absolute atomic E-state index is 0.234. The van der Waals surface area contributed by atoms with Crippen molar-refractivity contribution in [1.82, 2.24) is 4.90 Å². The molecule has 3 rings (SSSR count). The molecule has 5 heteroatoms. The van der Waals surface area contributed by atoms with Gasteiger partial charge in [0.05, 0.1) is 5.69 Å². The van der Waals surface area contributed by atoms with E-state index in [-0.39, 0.29) is 11.6 Å². The third-order valence-electron chi connectivity index (χ3n) is 4.29. The van der Waals surface area contributed by atoms with Crippen LogP contribution in [0.5, 0.6) is 0 Å². The molecular weight excluding hydrogens is 269 g/mol. The first kappa shape index (κ1) is 14.3. The summed E-state index contributed by atoms with van der Waals surface area (Å²) in [6.45, 7) is 4.69. The zero-order valence-corrected chi connectivity index (χ0v) is 12.5. The Balaban J connectivity index is 1.66.